The van der Waals surface area contributed by atoms with Gasteiger partial charge in [-0.3, -0.25) is 4.79 Å². The summed E-state index contributed by atoms with van der Waals surface area (Å²) in [5.74, 6) is -0.941. The van der Waals surface area contributed by atoms with Gasteiger partial charge in [-0.1, -0.05) is 20.8 Å². The van der Waals surface area contributed by atoms with E-state index in [0.717, 1.165) is 6.42 Å². The summed E-state index contributed by atoms with van der Waals surface area (Å²) in [6, 6.07) is 0.151. The molecule has 21 heavy (non-hydrogen) atoms. The number of nitrogens with one attached hydrogen (secondary N) is 1. The van der Waals surface area contributed by atoms with Gasteiger partial charge in [0.2, 0.25) is 0 Å². The predicted molar refractivity (Wildman–Crippen MR) is 83.1 cm³/mol. The van der Waals surface area contributed by atoms with Crippen molar-refractivity contribution in [3.05, 3.63) is 0 Å². The Labute approximate surface area is 128 Å². The molecule has 3 unspecified atom stereocenters. The Morgan fingerprint density at radius 2 is 1.90 bits per heavy atom. The van der Waals surface area contributed by atoms with Crippen LogP contribution < -0.4 is 5.32 Å². The van der Waals surface area contributed by atoms with Crippen molar-refractivity contribution < 1.29 is 14.7 Å². The minimum absolute atomic E-state index is 0.0379. The van der Waals surface area contributed by atoms with Crippen molar-refractivity contribution in [1.82, 2.24) is 10.2 Å². The van der Waals surface area contributed by atoms with E-state index in [4.69, 9.17) is 0 Å². The van der Waals surface area contributed by atoms with E-state index in [9.17, 15) is 14.7 Å². The Bertz CT molecular complexity index is 393. The van der Waals surface area contributed by atoms with Gasteiger partial charge in [0.1, 0.15) is 0 Å². The summed E-state index contributed by atoms with van der Waals surface area (Å²) in [5, 5.41) is 12.5. The minimum Gasteiger partial charge on any atom is -0.481 e. The van der Waals surface area contributed by atoms with Crippen LogP contribution in [0.4, 0.5) is 4.79 Å². The zero-order chi connectivity index (χ0) is 16.4. The Morgan fingerprint density at radius 3 is 2.33 bits per heavy atom. The van der Waals surface area contributed by atoms with Crippen molar-refractivity contribution in [2.24, 2.45) is 17.3 Å². The van der Waals surface area contributed by atoms with Gasteiger partial charge in [0.15, 0.2) is 0 Å². The lowest BCUT2D eigenvalue weighted by molar-refractivity contribution is -0.150. The predicted octanol–water partition coefficient (Wildman–Crippen LogP) is 2.95. The van der Waals surface area contributed by atoms with Crippen LogP contribution in [0.15, 0.2) is 0 Å². The van der Waals surface area contributed by atoms with Crippen LogP contribution in [0, 0.1) is 17.3 Å². The first-order valence-electron chi connectivity index (χ1n) is 7.92. The maximum Gasteiger partial charge on any atom is 0.317 e. The maximum absolute atomic E-state index is 12.4. The summed E-state index contributed by atoms with van der Waals surface area (Å²) >= 11 is 0. The fourth-order valence-corrected chi connectivity index (χ4v) is 3.43. The van der Waals surface area contributed by atoms with Gasteiger partial charge in [0, 0.05) is 18.6 Å². The molecule has 5 nitrogen and oxygen atoms in total. The number of carboxylic acids is 1. The molecule has 0 aliphatic heterocycles. The number of hydrogen-bond donors (Lipinski definition) is 2. The van der Waals surface area contributed by atoms with Gasteiger partial charge >= 0.3 is 12.0 Å². The van der Waals surface area contributed by atoms with Crippen LogP contribution in [0.5, 0.6) is 0 Å². The topological polar surface area (TPSA) is 69.6 Å². The molecule has 1 saturated carbocycles. The second-order valence-electron chi connectivity index (χ2n) is 7.01. The number of rotatable bonds is 4. The lowest BCUT2D eigenvalue weighted by atomic mass is 9.61. The first kappa shape index (κ1) is 17.8. The highest BCUT2D eigenvalue weighted by molar-refractivity contribution is 5.75. The average Bonchev–Trinajstić information content (AvgIpc) is 2.34. The van der Waals surface area contributed by atoms with E-state index < -0.39 is 5.97 Å². The molecule has 0 saturated heterocycles. The van der Waals surface area contributed by atoms with Crippen molar-refractivity contribution in [2.45, 2.75) is 66.5 Å². The molecule has 1 rings (SSSR count). The number of carbonyl (C=O) groups excluding carboxylic acids is 1. The second kappa shape index (κ2) is 6.67. The molecule has 2 amide bonds. The molecule has 0 heterocycles. The Balaban J connectivity index is 2.79. The fraction of sp³-hybridized carbons (Fsp3) is 0.875. The molecule has 0 aromatic rings. The van der Waals surface area contributed by atoms with E-state index in [2.05, 4.69) is 5.32 Å². The number of urea groups is 1. The molecule has 2 N–H and O–H groups in total. The molecule has 1 fully saturated rings. The highest BCUT2D eigenvalue weighted by Crippen LogP contribution is 2.45. The van der Waals surface area contributed by atoms with E-state index >= 15 is 0 Å². The molecule has 0 radical (unpaired) electrons. The molecule has 0 aromatic carbocycles. The third kappa shape index (κ3) is 3.69. The number of amides is 2. The van der Waals surface area contributed by atoms with E-state index in [0.29, 0.717) is 13.0 Å². The zero-order valence-corrected chi connectivity index (χ0v) is 14.1. The molecule has 1 aliphatic carbocycles. The van der Waals surface area contributed by atoms with Crippen LogP contribution in [-0.4, -0.2) is 40.6 Å². The lowest BCUT2D eigenvalue weighted by Crippen LogP contribution is -2.55. The number of hydrogen-bond acceptors (Lipinski definition) is 2. The minimum atomic E-state index is -0.728. The molecule has 122 valence electrons. The number of carboxylic acid groups (broad SMARTS) is 1. The van der Waals surface area contributed by atoms with Gasteiger partial charge in [-0.2, -0.15) is 0 Å². The maximum atomic E-state index is 12.4. The second-order valence-corrected chi connectivity index (χ2v) is 7.01. The van der Waals surface area contributed by atoms with Gasteiger partial charge in [0.25, 0.3) is 0 Å². The highest BCUT2D eigenvalue weighted by atomic mass is 16.4. The highest BCUT2D eigenvalue weighted by Gasteiger charge is 2.46. The number of aliphatic carboxylic acids is 1. The van der Waals surface area contributed by atoms with Crippen LogP contribution in [0.25, 0.3) is 0 Å². The van der Waals surface area contributed by atoms with Crippen LogP contribution in [-0.2, 0) is 4.79 Å². The summed E-state index contributed by atoms with van der Waals surface area (Å²) in [7, 11) is 0. The SMILES string of the molecule is CCN(C(=O)NC1CCC(C(=O)O)C(C)(C)C1C)C(C)C. The summed E-state index contributed by atoms with van der Waals surface area (Å²) in [6.07, 6.45) is 1.34. The van der Waals surface area contributed by atoms with Crippen molar-refractivity contribution in [3.63, 3.8) is 0 Å². The smallest absolute Gasteiger partial charge is 0.317 e. The third-order valence-electron chi connectivity index (χ3n) is 5.27. The Morgan fingerprint density at radius 1 is 1.33 bits per heavy atom. The summed E-state index contributed by atoms with van der Waals surface area (Å²) in [6.45, 7) is 12.7. The molecule has 3 atom stereocenters. The van der Waals surface area contributed by atoms with Crippen molar-refractivity contribution >= 4 is 12.0 Å². The average molecular weight is 298 g/mol. The normalized spacial score (nSPS) is 28.2. The molecule has 0 spiro atoms. The molecular formula is C16H30N2O3. The number of carbonyl (C=O) groups is 2. The standard InChI is InChI=1S/C16H30N2O3/c1-7-18(10(2)3)15(21)17-13-9-8-12(14(19)20)16(5,6)11(13)4/h10-13H,7-9H2,1-6H3,(H,17,21)(H,19,20). The quantitative estimate of drug-likeness (QED) is 0.838. The zero-order valence-electron chi connectivity index (χ0n) is 14.1. The van der Waals surface area contributed by atoms with Gasteiger partial charge in [-0.05, 0) is 44.9 Å². The monoisotopic (exact) mass is 298 g/mol. The van der Waals surface area contributed by atoms with Crippen molar-refractivity contribution in [2.75, 3.05) is 6.54 Å². The van der Waals surface area contributed by atoms with Crippen LogP contribution in [0.3, 0.4) is 0 Å². The molecule has 5 heteroatoms. The van der Waals surface area contributed by atoms with E-state index in [-0.39, 0.29) is 35.4 Å². The summed E-state index contributed by atoms with van der Waals surface area (Å²) in [4.78, 5) is 25.5. The van der Waals surface area contributed by atoms with Crippen molar-refractivity contribution in [3.8, 4) is 0 Å². The lowest BCUT2D eigenvalue weighted by Gasteiger charge is -2.46. The third-order valence-corrected chi connectivity index (χ3v) is 5.27. The molecule has 0 bridgehead atoms. The van der Waals surface area contributed by atoms with Gasteiger partial charge in [-0.15, -0.1) is 0 Å². The van der Waals surface area contributed by atoms with Gasteiger partial charge in [-0.25, -0.2) is 4.79 Å². The summed E-state index contributed by atoms with van der Waals surface area (Å²) < 4.78 is 0. The van der Waals surface area contributed by atoms with Crippen LogP contribution in [0.2, 0.25) is 0 Å². The van der Waals surface area contributed by atoms with E-state index in [1.165, 1.54) is 0 Å². The first-order valence-corrected chi connectivity index (χ1v) is 7.92. The van der Waals surface area contributed by atoms with Crippen LogP contribution in [0.1, 0.15) is 54.4 Å². The molecular weight excluding hydrogens is 268 g/mol. The Hall–Kier alpha value is -1.26. The van der Waals surface area contributed by atoms with Gasteiger partial charge in [0.05, 0.1) is 5.92 Å². The molecule has 0 aromatic heterocycles. The van der Waals surface area contributed by atoms with Crippen molar-refractivity contribution in [1.29, 1.82) is 0 Å². The first-order chi connectivity index (χ1) is 9.62. The Kier molecular flexibility index (Phi) is 5.65. The number of nitrogens with zero attached hydrogens (tertiary/aromatic N) is 1. The summed E-state index contributed by atoms with van der Waals surface area (Å²) in [5.41, 5.74) is -0.323. The van der Waals surface area contributed by atoms with Gasteiger partial charge < -0.3 is 15.3 Å². The van der Waals surface area contributed by atoms with E-state index in [1.807, 2.05) is 41.5 Å². The fourth-order valence-electron chi connectivity index (χ4n) is 3.43. The van der Waals surface area contributed by atoms with Crippen LogP contribution >= 0.6 is 0 Å². The molecule has 1 aliphatic rings. The van der Waals surface area contributed by atoms with E-state index in [1.54, 1.807) is 4.90 Å². The largest absolute Gasteiger partial charge is 0.481 e.